The lowest BCUT2D eigenvalue weighted by Crippen LogP contribution is -2.27. The predicted octanol–water partition coefficient (Wildman–Crippen LogP) is 4.51. The number of halogens is 1. The number of fused-ring (bicyclic) bond motifs is 1. The van der Waals surface area contributed by atoms with Gasteiger partial charge in [0, 0.05) is 17.2 Å². The topological polar surface area (TPSA) is 65.7 Å². The third kappa shape index (κ3) is 3.48. The minimum absolute atomic E-state index is 0.129. The summed E-state index contributed by atoms with van der Waals surface area (Å²) in [5, 5.41) is 0.915. The van der Waals surface area contributed by atoms with Gasteiger partial charge in [-0.2, -0.15) is 0 Å². The summed E-state index contributed by atoms with van der Waals surface area (Å²) in [6.07, 6.45) is 0.707. The average Bonchev–Trinajstić information content (AvgIpc) is 3.20. The third-order valence-corrected chi connectivity index (χ3v) is 4.76. The molecule has 1 atom stereocenters. The van der Waals surface area contributed by atoms with Crippen molar-refractivity contribution in [2.24, 2.45) is 0 Å². The van der Waals surface area contributed by atoms with Crippen molar-refractivity contribution < 1.29 is 18.7 Å². The first-order valence-corrected chi connectivity index (χ1v) is 9.07. The fourth-order valence-corrected chi connectivity index (χ4v) is 3.23. The van der Waals surface area contributed by atoms with E-state index in [0.29, 0.717) is 34.6 Å². The Morgan fingerprint density at radius 3 is 2.67 bits per heavy atom. The van der Waals surface area contributed by atoms with Gasteiger partial charge in [-0.05, 0) is 56.2 Å². The average molecular weight is 385 g/mol. The highest BCUT2D eigenvalue weighted by Gasteiger charge is 2.28. The second kappa shape index (κ2) is 7.18. The summed E-state index contributed by atoms with van der Waals surface area (Å²) in [6, 6.07) is 12.1. The minimum atomic E-state index is -0.657. The molecule has 0 spiro atoms. The van der Waals surface area contributed by atoms with E-state index in [-0.39, 0.29) is 11.5 Å². The molecule has 3 aromatic rings. The maximum absolute atomic E-state index is 13.1. The fraction of sp³-hybridized carbons (Fsp3) is 0.238. The van der Waals surface area contributed by atoms with E-state index >= 15 is 0 Å². The van der Waals surface area contributed by atoms with Crippen LogP contribution in [0.4, 0.5) is 0 Å². The van der Waals surface area contributed by atoms with Gasteiger partial charge in [-0.25, -0.2) is 4.79 Å². The molecule has 1 fully saturated rings. The molecule has 2 heterocycles. The van der Waals surface area contributed by atoms with Gasteiger partial charge < -0.3 is 13.9 Å². The summed E-state index contributed by atoms with van der Waals surface area (Å²) in [5.74, 6) is -0.516. The van der Waals surface area contributed by atoms with Crippen LogP contribution >= 0.6 is 11.6 Å². The Kier molecular flexibility index (Phi) is 4.72. The lowest BCUT2D eigenvalue weighted by Gasteiger charge is -2.13. The molecule has 1 unspecified atom stereocenters. The molecule has 138 valence electrons. The molecule has 2 aromatic carbocycles. The normalized spacial score (nSPS) is 16.6. The molecule has 0 aliphatic carbocycles. The molecule has 0 radical (unpaired) electrons. The van der Waals surface area contributed by atoms with Gasteiger partial charge in [-0.15, -0.1) is 0 Å². The van der Waals surface area contributed by atoms with Crippen molar-refractivity contribution in [2.75, 3.05) is 6.61 Å². The van der Waals surface area contributed by atoms with E-state index in [1.165, 1.54) is 0 Å². The van der Waals surface area contributed by atoms with Crippen LogP contribution in [0.1, 0.15) is 18.4 Å². The number of carbonyl (C=O) groups excluding carboxylic acids is 1. The van der Waals surface area contributed by atoms with Crippen LogP contribution in [0.15, 0.2) is 51.7 Å². The maximum atomic E-state index is 13.1. The van der Waals surface area contributed by atoms with Crippen LogP contribution < -0.4 is 10.2 Å². The highest BCUT2D eigenvalue weighted by molar-refractivity contribution is 6.30. The summed E-state index contributed by atoms with van der Waals surface area (Å²) in [4.78, 5) is 25.5. The Balaban J connectivity index is 1.88. The zero-order valence-corrected chi connectivity index (χ0v) is 15.4. The second-order valence-electron chi connectivity index (χ2n) is 6.52. The molecule has 0 bridgehead atoms. The molecular formula is C21H17ClO5. The van der Waals surface area contributed by atoms with Crippen LogP contribution in [0, 0.1) is 6.92 Å². The molecule has 1 saturated heterocycles. The number of esters is 1. The Morgan fingerprint density at radius 2 is 1.96 bits per heavy atom. The van der Waals surface area contributed by atoms with Crippen LogP contribution in [0.2, 0.25) is 5.02 Å². The van der Waals surface area contributed by atoms with Crippen molar-refractivity contribution in [3.63, 3.8) is 0 Å². The maximum Gasteiger partial charge on any atom is 0.340 e. The van der Waals surface area contributed by atoms with Crippen LogP contribution in [0.3, 0.4) is 0 Å². The number of benzene rings is 2. The molecular weight excluding hydrogens is 368 g/mol. The van der Waals surface area contributed by atoms with E-state index in [9.17, 15) is 9.59 Å². The van der Waals surface area contributed by atoms with Crippen LogP contribution in [0.5, 0.6) is 5.75 Å². The van der Waals surface area contributed by atoms with Gasteiger partial charge >= 0.3 is 5.97 Å². The van der Waals surface area contributed by atoms with Gasteiger partial charge in [0.1, 0.15) is 5.58 Å². The number of rotatable bonds is 3. The summed E-state index contributed by atoms with van der Waals surface area (Å²) >= 11 is 5.96. The Hall–Kier alpha value is -2.63. The SMILES string of the molecule is Cc1ccc2oc(-c3ccc(Cl)cc3)c(OC(=O)C3CCCO3)c(=O)c2c1. The number of carbonyl (C=O) groups is 1. The van der Waals surface area contributed by atoms with Crippen molar-refractivity contribution in [1.29, 1.82) is 0 Å². The van der Waals surface area contributed by atoms with Gasteiger partial charge in [-0.1, -0.05) is 23.2 Å². The quantitative estimate of drug-likeness (QED) is 0.622. The molecule has 0 amide bonds. The third-order valence-electron chi connectivity index (χ3n) is 4.51. The summed E-state index contributed by atoms with van der Waals surface area (Å²) in [5.41, 5.74) is 1.53. The van der Waals surface area contributed by atoms with Gasteiger partial charge in [0.25, 0.3) is 0 Å². The van der Waals surface area contributed by atoms with Gasteiger partial charge in [0.15, 0.2) is 11.9 Å². The van der Waals surface area contributed by atoms with Crippen molar-refractivity contribution >= 4 is 28.5 Å². The summed E-state index contributed by atoms with van der Waals surface area (Å²) in [7, 11) is 0. The van der Waals surface area contributed by atoms with Crippen LogP contribution in [-0.4, -0.2) is 18.7 Å². The van der Waals surface area contributed by atoms with E-state index in [1.807, 2.05) is 13.0 Å². The minimum Gasteiger partial charge on any atom is -0.452 e. The van der Waals surface area contributed by atoms with Crippen LogP contribution in [0.25, 0.3) is 22.3 Å². The van der Waals surface area contributed by atoms with Gasteiger partial charge in [0.2, 0.25) is 11.2 Å². The molecule has 0 N–H and O–H groups in total. The molecule has 4 rings (SSSR count). The van der Waals surface area contributed by atoms with E-state index < -0.39 is 17.5 Å². The summed E-state index contributed by atoms with van der Waals surface area (Å²) in [6.45, 7) is 2.39. The second-order valence-corrected chi connectivity index (χ2v) is 6.96. The monoisotopic (exact) mass is 384 g/mol. The Labute approximate surface area is 160 Å². The molecule has 1 aromatic heterocycles. The van der Waals surface area contributed by atoms with Crippen LogP contribution in [-0.2, 0) is 9.53 Å². The first-order valence-electron chi connectivity index (χ1n) is 8.69. The van der Waals surface area contributed by atoms with E-state index in [0.717, 1.165) is 12.0 Å². The standard InChI is InChI=1S/C21H17ClO5/c1-12-4-9-16-15(11-12)18(23)20(27-21(24)17-3-2-10-25-17)19(26-16)13-5-7-14(22)8-6-13/h4-9,11,17H,2-3,10H2,1H3. The first-order chi connectivity index (χ1) is 13.0. The predicted molar refractivity (Wildman–Crippen MR) is 102 cm³/mol. The smallest absolute Gasteiger partial charge is 0.340 e. The molecule has 1 aliphatic rings. The van der Waals surface area contributed by atoms with Crippen molar-refractivity contribution in [2.45, 2.75) is 25.9 Å². The number of aryl methyl sites for hydroxylation is 1. The van der Waals surface area contributed by atoms with E-state index in [4.69, 9.17) is 25.5 Å². The summed E-state index contributed by atoms with van der Waals surface area (Å²) < 4.78 is 16.8. The van der Waals surface area contributed by atoms with Crippen molar-refractivity contribution in [3.8, 4) is 17.1 Å². The van der Waals surface area contributed by atoms with E-state index in [2.05, 4.69) is 0 Å². The highest BCUT2D eigenvalue weighted by atomic mass is 35.5. The zero-order valence-electron chi connectivity index (χ0n) is 14.7. The van der Waals surface area contributed by atoms with Gasteiger partial charge in [0.05, 0.1) is 5.39 Å². The fourth-order valence-electron chi connectivity index (χ4n) is 3.11. The molecule has 27 heavy (non-hydrogen) atoms. The molecule has 5 nitrogen and oxygen atoms in total. The Bertz CT molecular complexity index is 1060. The number of hydrogen-bond donors (Lipinski definition) is 0. The Morgan fingerprint density at radius 1 is 1.19 bits per heavy atom. The highest BCUT2D eigenvalue weighted by Crippen LogP contribution is 2.32. The van der Waals surface area contributed by atoms with Gasteiger partial charge in [-0.3, -0.25) is 4.79 Å². The first kappa shape index (κ1) is 17.8. The largest absolute Gasteiger partial charge is 0.452 e. The zero-order chi connectivity index (χ0) is 19.0. The number of hydrogen-bond acceptors (Lipinski definition) is 5. The van der Waals surface area contributed by atoms with E-state index in [1.54, 1.807) is 36.4 Å². The lowest BCUT2D eigenvalue weighted by atomic mass is 10.1. The lowest BCUT2D eigenvalue weighted by molar-refractivity contribution is -0.144. The molecule has 0 saturated carbocycles. The number of ether oxygens (including phenoxy) is 2. The van der Waals surface area contributed by atoms with Crippen molar-refractivity contribution in [1.82, 2.24) is 0 Å². The molecule has 6 heteroatoms. The van der Waals surface area contributed by atoms with Crippen molar-refractivity contribution in [3.05, 3.63) is 63.3 Å². The molecule has 1 aliphatic heterocycles.